The van der Waals surface area contributed by atoms with Gasteiger partial charge in [-0.15, -0.1) is 0 Å². The molecule has 15 heavy (non-hydrogen) atoms. The molecule has 1 aliphatic carbocycles. The van der Waals surface area contributed by atoms with Crippen LogP contribution >= 0.6 is 15.9 Å². The van der Waals surface area contributed by atoms with Gasteiger partial charge in [0.05, 0.1) is 0 Å². The van der Waals surface area contributed by atoms with Gasteiger partial charge in [-0.05, 0) is 25.2 Å². The highest BCUT2D eigenvalue weighted by molar-refractivity contribution is 9.09. The van der Waals surface area contributed by atoms with E-state index in [4.69, 9.17) is 0 Å². The van der Waals surface area contributed by atoms with Gasteiger partial charge in [-0.1, -0.05) is 35.7 Å². The zero-order valence-electron chi connectivity index (χ0n) is 9.42. The largest absolute Gasteiger partial charge is 0.341 e. The molecule has 3 heteroatoms. The van der Waals surface area contributed by atoms with E-state index in [1.807, 2.05) is 0 Å². The number of carbonyl (C=O) groups is 1. The van der Waals surface area contributed by atoms with Crippen molar-refractivity contribution in [2.24, 2.45) is 11.8 Å². The van der Waals surface area contributed by atoms with Gasteiger partial charge >= 0.3 is 0 Å². The highest BCUT2D eigenvalue weighted by atomic mass is 79.9. The Morgan fingerprint density at radius 2 is 1.93 bits per heavy atom. The van der Waals surface area contributed by atoms with Crippen LogP contribution in [0.5, 0.6) is 0 Å². The molecule has 1 saturated carbocycles. The summed E-state index contributed by atoms with van der Waals surface area (Å²) in [5.74, 6) is 1.41. The SMILES string of the molecule is CC1CC(Br)CN(C(=O)C2CCCC2)C1. The highest BCUT2D eigenvalue weighted by Gasteiger charge is 2.31. The Kier molecular flexibility index (Phi) is 3.70. The Hall–Kier alpha value is -0.0500. The first kappa shape index (κ1) is 11.4. The lowest BCUT2D eigenvalue weighted by atomic mass is 9.98. The summed E-state index contributed by atoms with van der Waals surface area (Å²) >= 11 is 3.65. The molecule has 2 fully saturated rings. The second kappa shape index (κ2) is 4.86. The first-order valence-corrected chi connectivity index (χ1v) is 7.01. The van der Waals surface area contributed by atoms with E-state index in [1.165, 1.54) is 19.3 Å². The van der Waals surface area contributed by atoms with E-state index in [-0.39, 0.29) is 0 Å². The molecule has 0 spiro atoms. The van der Waals surface area contributed by atoms with Gasteiger partial charge in [0.25, 0.3) is 0 Å². The van der Waals surface area contributed by atoms with E-state index < -0.39 is 0 Å². The first-order valence-electron chi connectivity index (χ1n) is 6.09. The third kappa shape index (κ3) is 2.74. The third-order valence-electron chi connectivity index (χ3n) is 3.62. The zero-order chi connectivity index (χ0) is 10.8. The van der Waals surface area contributed by atoms with Crippen LogP contribution in [-0.4, -0.2) is 28.7 Å². The summed E-state index contributed by atoms with van der Waals surface area (Å²) in [5.41, 5.74) is 0. The molecule has 2 nitrogen and oxygen atoms in total. The van der Waals surface area contributed by atoms with Crippen LogP contribution in [0, 0.1) is 11.8 Å². The van der Waals surface area contributed by atoms with E-state index >= 15 is 0 Å². The van der Waals surface area contributed by atoms with Crippen molar-refractivity contribution >= 4 is 21.8 Å². The van der Waals surface area contributed by atoms with E-state index in [9.17, 15) is 4.79 Å². The van der Waals surface area contributed by atoms with Gasteiger partial charge in [0, 0.05) is 23.8 Å². The summed E-state index contributed by atoms with van der Waals surface area (Å²) in [6.07, 6.45) is 5.94. The number of hydrogen-bond donors (Lipinski definition) is 0. The van der Waals surface area contributed by atoms with Crippen molar-refractivity contribution in [3.05, 3.63) is 0 Å². The number of piperidine rings is 1. The average Bonchev–Trinajstić information content (AvgIpc) is 2.67. The van der Waals surface area contributed by atoms with Crippen LogP contribution in [-0.2, 0) is 4.79 Å². The molecule has 1 amide bonds. The van der Waals surface area contributed by atoms with E-state index in [1.54, 1.807) is 0 Å². The smallest absolute Gasteiger partial charge is 0.225 e. The summed E-state index contributed by atoms with van der Waals surface area (Å²) in [6, 6.07) is 0. The molecule has 0 bridgehead atoms. The molecule has 2 aliphatic rings. The maximum Gasteiger partial charge on any atom is 0.225 e. The van der Waals surface area contributed by atoms with Crippen molar-refractivity contribution < 1.29 is 4.79 Å². The molecule has 0 N–H and O–H groups in total. The first-order chi connectivity index (χ1) is 7.16. The number of amides is 1. The molecule has 1 aliphatic heterocycles. The normalized spacial score (nSPS) is 33.3. The maximum absolute atomic E-state index is 12.2. The van der Waals surface area contributed by atoms with E-state index in [2.05, 4.69) is 27.8 Å². The monoisotopic (exact) mass is 273 g/mol. The maximum atomic E-state index is 12.2. The van der Waals surface area contributed by atoms with Crippen LogP contribution in [0.3, 0.4) is 0 Å². The third-order valence-corrected chi connectivity index (χ3v) is 4.29. The summed E-state index contributed by atoms with van der Waals surface area (Å²) in [5, 5.41) is 0. The van der Waals surface area contributed by atoms with Crippen LogP contribution in [0.2, 0.25) is 0 Å². The van der Waals surface area contributed by atoms with Crippen molar-refractivity contribution in [2.45, 2.75) is 43.9 Å². The molecule has 2 atom stereocenters. The Morgan fingerprint density at radius 3 is 2.53 bits per heavy atom. The van der Waals surface area contributed by atoms with Gasteiger partial charge in [0.2, 0.25) is 5.91 Å². The van der Waals surface area contributed by atoms with Crippen molar-refractivity contribution in [1.82, 2.24) is 4.90 Å². The predicted octanol–water partition coefficient (Wildman–Crippen LogP) is 2.81. The summed E-state index contributed by atoms with van der Waals surface area (Å²) < 4.78 is 0. The zero-order valence-corrected chi connectivity index (χ0v) is 11.0. The molecule has 0 radical (unpaired) electrons. The van der Waals surface area contributed by atoms with Gasteiger partial charge in [0.1, 0.15) is 0 Å². The quantitative estimate of drug-likeness (QED) is 0.673. The Morgan fingerprint density at radius 1 is 1.27 bits per heavy atom. The molecule has 1 saturated heterocycles. The number of rotatable bonds is 1. The second-order valence-electron chi connectivity index (χ2n) is 5.16. The highest BCUT2D eigenvalue weighted by Crippen LogP contribution is 2.29. The van der Waals surface area contributed by atoms with Crippen LogP contribution in [0.25, 0.3) is 0 Å². The minimum Gasteiger partial charge on any atom is -0.341 e. The summed E-state index contributed by atoms with van der Waals surface area (Å²) in [6.45, 7) is 4.12. The average molecular weight is 274 g/mol. The predicted molar refractivity (Wildman–Crippen MR) is 65.0 cm³/mol. The Balaban J connectivity index is 1.93. The molecule has 0 aromatic rings. The van der Waals surface area contributed by atoms with Gasteiger partial charge in [-0.3, -0.25) is 4.79 Å². The lowest BCUT2D eigenvalue weighted by Crippen LogP contribution is -2.45. The molecule has 2 unspecified atom stereocenters. The lowest BCUT2D eigenvalue weighted by molar-refractivity contribution is -0.136. The van der Waals surface area contributed by atoms with Gasteiger partial charge in [-0.2, -0.15) is 0 Å². The fourth-order valence-electron chi connectivity index (χ4n) is 2.89. The van der Waals surface area contributed by atoms with Crippen molar-refractivity contribution in [3.8, 4) is 0 Å². The molecule has 0 aromatic heterocycles. The van der Waals surface area contributed by atoms with Gasteiger partial charge < -0.3 is 4.90 Å². The van der Waals surface area contributed by atoms with Crippen LogP contribution in [0.4, 0.5) is 0 Å². The number of likely N-dealkylation sites (tertiary alicyclic amines) is 1. The van der Waals surface area contributed by atoms with E-state index in [0.717, 1.165) is 25.9 Å². The van der Waals surface area contributed by atoms with Gasteiger partial charge in [-0.25, -0.2) is 0 Å². The van der Waals surface area contributed by atoms with Gasteiger partial charge in [0.15, 0.2) is 0 Å². The van der Waals surface area contributed by atoms with Crippen molar-refractivity contribution in [3.63, 3.8) is 0 Å². The minimum atomic E-state index is 0.343. The molecular weight excluding hydrogens is 254 g/mol. The number of nitrogens with zero attached hydrogens (tertiary/aromatic N) is 1. The number of hydrogen-bond acceptors (Lipinski definition) is 1. The lowest BCUT2D eigenvalue weighted by Gasteiger charge is -2.35. The molecule has 86 valence electrons. The van der Waals surface area contributed by atoms with Crippen LogP contribution < -0.4 is 0 Å². The van der Waals surface area contributed by atoms with E-state index in [0.29, 0.717) is 22.6 Å². The minimum absolute atomic E-state index is 0.343. The topological polar surface area (TPSA) is 20.3 Å². The molecule has 0 aromatic carbocycles. The van der Waals surface area contributed by atoms with Crippen LogP contribution in [0.15, 0.2) is 0 Å². The fourth-order valence-corrected chi connectivity index (χ4v) is 3.87. The Labute approximate surface area is 101 Å². The number of alkyl halides is 1. The Bertz CT molecular complexity index is 228. The summed E-state index contributed by atoms with van der Waals surface area (Å²) in [4.78, 5) is 14.8. The molecule has 2 rings (SSSR count). The van der Waals surface area contributed by atoms with Crippen molar-refractivity contribution in [1.29, 1.82) is 0 Å². The van der Waals surface area contributed by atoms with Crippen molar-refractivity contribution in [2.75, 3.05) is 13.1 Å². The number of carbonyl (C=O) groups excluding carboxylic acids is 1. The molecule has 1 heterocycles. The molecular formula is C12H20BrNO. The standard InChI is InChI=1S/C12H20BrNO/c1-9-6-11(13)8-14(7-9)12(15)10-4-2-3-5-10/h9-11H,2-8H2,1H3. The second-order valence-corrected chi connectivity index (χ2v) is 6.46. The van der Waals surface area contributed by atoms with Crippen LogP contribution in [0.1, 0.15) is 39.0 Å². The summed E-state index contributed by atoms with van der Waals surface area (Å²) in [7, 11) is 0. The fraction of sp³-hybridized carbons (Fsp3) is 0.917. The number of halogens is 1.